The van der Waals surface area contributed by atoms with Crippen LogP contribution in [-0.2, 0) is 0 Å². The number of aryl methyl sites for hydroxylation is 2. The lowest BCUT2D eigenvalue weighted by Crippen LogP contribution is -2.00. The monoisotopic (exact) mass is 414 g/mol. The van der Waals surface area contributed by atoms with Gasteiger partial charge in [-0.25, -0.2) is 15.0 Å². The minimum Gasteiger partial charge on any atom is -0.253 e. The van der Waals surface area contributed by atoms with Gasteiger partial charge in [-0.1, -0.05) is 84.9 Å². The Balaban J connectivity index is 1.59. The largest absolute Gasteiger partial charge is 0.253 e. The number of nitrogens with zero attached hydrogens (tertiary/aromatic N) is 4. The third-order valence-corrected chi connectivity index (χ3v) is 5.24. The van der Waals surface area contributed by atoms with Gasteiger partial charge < -0.3 is 0 Å². The predicted octanol–water partition coefficient (Wildman–Crippen LogP) is 6.55. The Morgan fingerprint density at radius 2 is 0.875 bits per heavy atom. The molecular formula is C28H22N4. The number of aromatic nitrogens is 4. The Labute approximate surface area is 187 Å². The molecule has 0 aliphatic rings. The zero-order valence-corrected chi connectivity index (χ0v) is 18.0. The number of pyridine rings is 1. The molecule has 0 saturated carbocycles. The van der Waals surface area contributed by atoms with E-state index < -0.39 is 0 Å². The summed E-state index contributed by atoms with van der Waals surface area (Å²) in [5, 5.41) is 0. The molecule has 0 spiro atoms. The minimum absolute atomic E-state index is 0.651. The van der Waals surface area contributed by atoms with Crippen molar-refractivity contribution in [2.75, 3.05) is 0 Å². The van der Waals surface area contributed by atoms with Crippen LogP contribution >= 0.6 is 0 Å². The topological polar surface area (TPSA) is 51.6 Å². The number of hydrogen-bond acceptors (Lipinski definition) is 4. The molecule has 0 aliphatic carbocycles. The second-order valence-electron chi connectivity index (χ2n) is 7.79. The molecule has 0 atom stereocenters. The highest BCUT2D eigenvalue weighted by Gasteiger charge is 2.12. The van der Waals surface area contributed by atoms with Gasteiger partial charge in [0, 0.05) is 27.9 Å². The first-order valence-electron chi connectivity index (χ1n) is 10.6. The smallest absolute Gasteiger partial charge is 0.164 e. The summed E-state index contributed by atoms with van der Waals surface area (Å²) in [6, 6.07) is 32.4. The SMILES string of the molecule is Cc1cc(C)nc(-c2ccc(-c3nc(-c4ccccc4)nc(-c4ccccc4)n3)cc2)c1. The average Bonchev–Trinajstić information content (AvgIpc) is 2.84. The van der Waals surface area contributed by atoms with Crippen molar-refractivity contribution in [1.29, 1.82) is 0 Å². The molecule has 0 unspecified atom stereocenters. The highest BCUT2D eigenvalue weighted by atomic mass is 15.0. The van der Waals surface area contributed by atoms with Crippen LogP contribution in [0, 0.1) is 13.8 Å². The van der Waals surface area contributed by atoms with Crippen LogP contribution in [0.2, 0.25) is 0 Å². The molecule has 2 heterocycles. The van der Waals surface area contributed by atoms with Gasteiger partial charge in [-0.15, -0.1) is 0 Å². The van der Waals surface area contributed by atoms with E-state index in [0.717, 1.165) is 33.6 Å². The van der Waals surface area contributed by atoms with Gasteiger partial charge in [0.15, 0.2) is 17.5 Å². The van der Waals surface area contributed by atoms with E-state index >= 15 is 0 Å². The summed E-state index contributed by atoms with van der Waals surface area (Å²) in [6.07, 6.45) is 0. The summed E-state index contributed by atoms with van der Waals surface area (Å²) >= 11 is 0. The molecule has 0 N–H and O–H groups in total. The highest BCUT2D eigenvalue weighted by molar-refractivity contribution is 5.69. The van der Waals surface area contributed by atoms with Gasteiger partial charge in [0.2, 0.25) is 0 Å². The van der Waals surface area contributed by atoms with E-state index in [4.69, 9.17) is 15.0 Å². The van der Waals surface area contributed by atoms with E-state index in [1.54, 1.807) is 0 Å². The lowest BCUT2D eigenvalue weighted by Gasteiger charge is -2.09. The standard InChI is InChI=1S/C28H22N4/c1-19-17-20(2)29-25(18-19)21-13-15-24(16-14-21)28-31-26(22-9-5-3-6-10-22)30-27(32-28)23-11-7-4-8-12-23/h3-18H,1-2H3. The van der Waals surface area contributed by atoms with E-state index in [9.17, 15) is 0 Å². The molecular weight excluding hydrogens is 392 g/mol. The van der Waals surface area contributed by atoms with Crippen LogP contribution < -0.4 is 0 Å². The maximum absolute atomic E-state index is 4.79. The fraction of sp³-hybridized carbons (Fsp3) is 0.0714. The maximum atomic E-state index is 4.79. The molecule has 3 aromatic carbocycles. The number of benzene rings is 3. The number of rotatable bonds is 4. The van der Waals surface area contributed by atoms with E-state index in [2.05, 4.69) is 36.2 Å². The van der Waals surface area contributed by atoms with Crippen molar-refractivity contribution in [3.8, 4) is 45.4 Å². The van der Waals surface area contributed by atoms with Crippen molar-refractivity contribution in [2.24, 2.45) is 0 Å². The maximum Gasteiger partial charge on any atom is 0.164 e. The highest BCUT2D eigenvalue weighted by Crippen LogP contribution is 2.26. The lowest BCUT2D eigenvalue weighted by molar-refractivity contribution is 1.07. The zero-order chi connectivity index (χ0) is 21.9. The molecule has 0 bridgehead atoms. The Kier molecular flexibility index (Phi) is 5.26. The lowest BCUT2D eigenvalue weighted by atomic mass is 10.1. The molecule has 2 aromatic heterocycles. The van der Waals surface area contributed by atoms with Crippen molar-refractivity contribution in [3.05, 3.63) is 108 Å². The third-order valence-electron chi connectivity index (χ3n) is 5.24. The second kappa shape index (κ2) is 8.52. The minimum atomic E-state index is 0.651. The van der Waals surface area contributed by atoms with Crippen molar-refractivity contribution in [2.45, 2.75) is 13.8 Å². The predicted molar refractivity (Wildman–Crippen MR) is 129 cm³/mol. The first-order chi connectivity index (χ1) is 15.7. The molecule has 4 nitrogen and oxygen atoms in total. The summed E-state index contributed by atoms with van der Waals surface area (Å²) in [5.74, 6) is 1.97. The van der Waals surface area contributed by atoms with Crippen LogP contribution in [0.15, 0.2) is 97.1 Å². The Bertz CT molecular complexity index is 1280. The van der Waals surface area contributed by atoms with Crippen LogP contribution in [0.4, 0.5) is 0 Å². The summed E-state index contributed by atoms with van der Waals surface area (Å²) in [5.41, 5.74) is 7.13. The first kappa shape index (κ1) is 19.8. The number of hydrogen-bond donors (Lipinski definition) is 0. The molecule has 5 rings (SSSR count). The van der Waals surface area contributed by atoms with Crippen molar-refractivity contribution < 1.29 is 0 Å². The van der Waals surface area contributed by atoms with Gasteiger partial charge in [-0.3, -0.25) is 4.98 Å². The van der Waals surface area contributed by atoms with E-state index in [-0.39, 0.29) is 0 Å². The van der Waals surface area contributed by atoms with Gasteiger partial charge in [0.05, 0.1) is 5.69 Å². The molecule has 0 saturated heterocycles. The third kappa shape index (κ3) is 4.16. The average molecular weight is 415 g/mol. The van der Waals surface area contributed by atoms with E-state index in [1.165, 1.54) is 5.56 Å². The summed E-state index contributed by atoms with van der Waals surface area (Å²) < 4.78 is 0. The summed E-state index contributed by atoms with van der Waals surface area (Å²) in [7, 11) is 0. The van der Waals surface area contributed by atoms with Gasteiger partial charge in [-0.05, 0) is 31.5 Å². The van der Waals surface area contributed by atoms with Gasteiger partial charge in [-0.2, -0.15) is 0 Å². The van der Waals surface area contributed by atoms with Crippen LogP contribution in [0.3, 0.4) is 0 Å². The van der Waals surface area contributed by atoms with Crippen molar-refractivity contribution in [3.63, 3.8) is 0 Å². The van der Waals surface area contributed by atoms with Crippen LogP contribution in [-0.4, -0.2) is 19.9 Å². The normalized spacial score (nSPS) is 10.8. The van der Waals surface area contributed by atoms with Crippen molar-refractivity contribution in [1.82, 2.24) is 19.9 Å². The van der Waals surface area contributed by atoms with Crippen LogP contribution in [0.1, 0.15) is 11.3 Å². The Morgan fingerprint density at radius 3 is 1.34 bits per heavy atom. The molecule has 0 radical (unpaired) electrons. The van der Waals surface area contributed by atoms with Gasteiger partial charge >= 0.3 is 0 Å². The summed E-state index contributed by atoms with van der Waals surface area (Å²) in [6.45, 7) is 4.11. The zero-order valence-electron chi connectivity index (χ0n) is 18.0. The summed E-state index contributed by atoms with van der Waals surface area (Å²) in [4.78, 5) is 19.0. The van der Waals surface area contributed by atoms with Crippen LogP contribution in [0.25, 0.3) is 45.4 Å². The fourth-order valence-electron chi connectivity index (χ4n) is 3.72. The molecule has 0 amide bonds. The second-order valence-corrected chi connectivity index (χ2v) is 7.79. The Morgan fingerprint density at radius 1 is 0.438 bits per heavy atom. The molecule has 5 aromatic rings. The Hall–Kier alpha value is -4.18. The quantitative estimate of drug-likeness (QED) is 0.334. The first-order valence-corrected chi connectivity index (χ1v) is 10.6. The molecule has 0 aliphatic heterocycles. The molecule has 0 fully saturated rings. The van der Waals surface area contributed by atoms with E-state index in [1.807, 2.05) is 79.7 Å². The fourth-order valence-corrected chi connectivity index (χ4v) is 3.72. The molecule has 154 valence electrons. The van der Waals surface area contributed by atoms with Gasteiger partial charge in [0.1, 0.15) is 0 Å². The van der Waals surface area contributed by atoms with Crippen molar-refractivity contribution >= 4 is 0 Å². The van der Waals surface area contributed by atoms with Crippen LogP contribution in [0.5, 0.6) is 0 Å². The molecule has 4 heteroatoms. The molecule has 32 heavy (non-hydrogen) atoms. The van der Waals surface area contributed by atoms with E-state index in [0.29, 0.717) is 17.5 Å². The van der Waals surface area contributed by atoms with Gasteiger partial charge in [0.25, 0.3) is 0 Å².